The fourth-order valence-electron chi connectivity index (χ4n) is 3.87. The number of hydrogen-bond acceptors (Lipinski definition) is 5. The molecule has 172 valence electrons. The molecule has 2 aromatic carbocycles. The molecule has 0 aliphatic heterocycles. The van der Waals surface area contributed by atoms with E-state index in [9.17, 15) is 4.79 Å². The van der Waals surface area contributed by atoms with Crippen molar-refractivity contribution in [2.45, 2.75) is 53.6 Å². The minimum atomic E-state index is -0.0298. The third-order valence-electron chi connectivity index (χ3n) is 5.63. The molecular weight excluding hydrogens is 414 g/mol. The minimum Gasteiger partial charge on any atom is -0.274 e. The molecule has 0 saturated heterocycles. The van der Waals surface area contributed by atoms with Gasteiger partial charge in [-0.05, 0) is 40.2 Å². The van der Waals surface area contributed by atoms with E-state index in [1.54, 1.807) is 4.68 Å². The number of aromatic nitrogens is 7. The molecule has 4 rings (SSSR count). The minimum absolute atomic E-state index is 0.0298. The van der Waals surface area contributed by atoms with Crippen LogP contribution in [0.5, 0.6) is 0 Å². The average Bonchev–Trinajstić information content (AvgIpc) is 3.42. The van der Waals surface area contributed by atoms with Crippen molar-refractivity contribution in [2.75, 3.05) is 0 Å². The Morgan fingerprint density at radius 2 is 1.67 bits per heavy atom. The third-order valence-corrected chi connectivity index (χ3v) is 5.63. The van der Waals surface area contributed by atoms with Crippen LogP contribution in [0.1, 0.15) is 45.5 Å². The van der Waals surface area contributed by atoms with Crippen molar-refractivity contribution in [3.63, 3.8) is 0 Å². The number of aromatic amines is 1. The summed E-state index contributed by atoms with van der Waals surface area (Å²) in [5.41, 5.74) is 4.04. The lowest BCUT2D eigenvalue weighted by molar-refractivity contribution is 0.472. The zero-order valence-corrected chi connectivity index (χ0v) is 19.7. The van der Waals surface area contributed by atoms with E-state index in [4.69, 9.17) is 0 Å². The van der Waals surface area contributed by atoms with Crippen LogP contribution in [0.3, 0.4) is 0 Å². The molecule has 2 heterocycles. The summed E-state index contributed by atoms with van der Waals surface area (Å²) in [5.74, 6) is 2.37. The maximum atomic E-state index is 13.1. The second kappa shape index (κ2) is 9.94. The second-order valence-electron chi connectivity index (χ2n) is 9.27. The molecule has 0 fully saturated rings. The van der Waals surface area contributed by atoms with Gasteiger partial charge in [-0.15, -0.1) is 10.2 Å². The summed E-state index contributed by atoms with van der Waals surface area (Å²) >= 11 is 0. The van der Waals surface area contributed by atoms with Crippen LogP contribution in [0.2, 0.25) is 0 Å². The maximum absolute atomic E-state index is 13.1. The molecule has 0 atom stereocenters. The number of tetrazole rings is 1. The van der Waals surface area contributed by atoms with Gasteiger partial charge < -0.3 is 0 Å². The molecule has 0 unspecified atom stereocenters. The van der Waals surface area contributed by atoms with E-state index in [1.165, 1.54) is 0 Å². The second-order valence-corrected chi connectivity index (χ2v) is 9.27. The van der Waals surface area contributed by atoms with Gasteiger partial charge in [0.2, 0.25) is 5.82 Å². The summed E-state index contributed by atoms with van der Waals surface area (Å²) in [7, 11) is 0. The first kappa shape index (κ1) is 22.6. The largest absolute Gasteiger partial charge is 0.346 e. The molecule has 0 saturated carbocycles. The Labute approximate surface area is 193 Å². The molecule has 0 spiro atoms. The number of H-pyrrole nitrogens is 1. The van der Waals surface area contributed by atoms with Crippen LogP contribution >= 0.6 is 0 Å². The Balaban J connectivity index is 1.61. The van der Waals surface area contributed by atoms with Gasteiger partial charge in [0.05, 0.1) is 6.54 Å². The first-order valence-corrected chi connectivity index (χ1v) is 11.5. The standard InChI is InChI=1S/C25H31N7O/c1-17(2)13-14-32-25(33)31(23(28-32)15-18(3)4)16-19-9-11-20(12-10-19)21-7-5-6-8-22(21)24-26-29-30-27-24/h5-12,17-18H,13-16H2,1-4H3,(H,26,27,29,30). The summed E-state index contributed by atoms with van der Waals surface area (Å²) in [4.78, 5) is 13.1. The lowest BCUT2D eigenvalue weighted by atomic mass is 9.98. The van der Waals surface area contributed by atoms with Gasteiger partial charge in [-0.1, -0.05) is 76.2 Å². The van der Waals surface area contributed by atoms with Crippen LogP contribution in [-0.2, 0) is 19.5 Å². The van der Waals surface area contributed by atoms with E-state index >= 15 is 0 Å². The molecule has 0 aliphatic carbocycles. The first-order valence-electron chi connectivity index (χ1n) is 11.5. The van der Waals surface area contributed by atoms with Crippen LogP contribution in [0.25, 0.3) is 22.5 Å². The zero-order chi connectivity index (χ0) is 23.4. The Kier molecular flexibility index (Phi) is 6.82. The molecule has 0 aliphatic rings. The van der Waals surface area contributed by atoms with Crippen LogP contribution in [0, 0.1) is 11.8 Å². The van der Waals surface area contributed by atoms with Gasteiger partial charge in [0.25, 0.3) is 0 Å². The van der Waals surface area contributed by atoms with Gasteiger partial charge in [-0.3, -0.25) is 4.57 Å². The molecular formula is C25H31N7O. The van der Waals surface area contributed by atoms with Crippen molar-refractivity contribution in [3.05, 3.63) is 70.4 Å². The molecule has 8 heteroatoms. The quantitative estimate of drug-likeness (QED) is 0.417. The lowest BCUT2D eigenvalue weighted by Crippen LogP contribution is -2.26. The molecule has 2 aromatic heterocycles. The molecule has 4 aromatic rings. The summed E-state index contributed by atoms with van der Waals surface area (Å²) in [6, 6.07) is 16.3. The Bertz CT molecular complexity index is 1230. The van der Waals surface area contributed by atoms with Crippen LogP contribution in [-0.4, -0.2) is 35.0 Å². The van der Waals surface area contributed by atoms with Crippen LogP contribution in [0.15, 0.2) is 53.3 Å². The van der Waals surface area contributed by atoms with E-state index < -0.39 is 0 Å². The third kappa shape index (κ3) is 5.27. The lowest BCUT2D eigenvalue weighted by Gasteiger charge is -2.10. The Morgan fingerprint density at radius 3 is 2.30 bits per heavy atom. The van der Waals surface area contributed by atoms with E-state index in [0.717, 1.165) is 40.9 Å². The molecule has 1 N–H and O–H groups in total. The maximum Gasteiger partial charge on any atom is 0.346 e. The van der Waals surface area contributed by atoms with E-state index in [-0.39, 0.29) is 5.69 Å². The van der Waals surface area contributed by atoms with Gasteiger partial charge >= 0.3 is 5.69 Å². The number of nitrogens with one attached hydrogen (secondary N) is 1. The highest BCUT2D eigenvalue weighted by Gasteiger charge is 2.16. The first-order chi connectivity index (χ1) is 15.9. The average molecular weight is 446 g/mol. The van der Waals surface area contributed by atoms with Crippen molar-refractivity contribution in [1.29, 1.82) is 0 Å². The number of nitrogens with zero attached hydrogens (tertiary/aromatic N) is 6. The zero-order valence-electron chi connectivity index (χ0n) is 19.7. The van der Waals surface area contributed by atoms with Gasteiger partial charge in [-0.25, -0.2) is 9.48 Å². The van der Waals surface area contributed by atoms with Gasteiger partial charge in [0.1, 0.15) is 5.82 Å². The molecule has 8 nitrogen and oxygen atoms in total. The molecule has 0 radical (unpaired) electrons. The summed E-state index contributed by atoms with van der Waals surface area (Å²) < 4.78 is 3.45. The molecule has 0 amide bonds. The summed E-state index contributed by atoms with van der Waals surface area (Å²) in [6.07, 6.45) is 1.71. The fraction of sp³-hybridized carbons (Fsp3) is 0.400. The Morgan fingerprint density at radius 1 is 0.939 bits per heavy atom. The number of hydrogen-bond donors (Lipinski definition) is 1. The predicted molar refractivity (Wildman–Crippen MR) is 129 cm³/mol. The monoisotopic (exact) mass is 445 g/mol. The van der Waals surface area contributed by atoms with Gasteiger partial charge in [0, 0.05) is 18.5 Å². The van der Waals surface area contributed by atoms with E-state index in [1.807, 2.05) is 28.8 Å². The highest BCUT2D eigenvalue weighted by atomic mass is 16.2. The fourth-order valence-corrected chi connectivity index (χ4v) is 3.87. The normalized spacial score (nSPS) is 11.6. The van der Waals surface area contributed by atoms with Crippen molar-refractivity contribution < 1.29 is 0 Å². The molecule has 0 bridgehead atoms. The van der Waals surface area contributed by atoms with Crippen LogP contribution < -0.4 is 5.69 Å². The number of rotatable bonds is 9. The van der Waals surface area contributed by atoms with Crippen molar-refractivity contribution in [1.82, 2.24) is 35.0 Å². The topological polar surface area (TPSA) is 94.3 Å². The van der Waals surface area contributed by atoms with E-state index in [0.29, 0.717) is 30.7 Å². The van der Waals surface area contributed by atoms with E-state index in [2.05, 4.69) is 77.7 Å². The van der Waals surface area contributed by atoms with Crippen molar-refractivity contribution in [2.24, 2.45) is 11.8 Å². The van der Waals surface area contributed by atoms with Crippen molar-refractivity contribution in [3.8, 4) is 22.5 Å². The SMILES string of the molecule is CC(C)CCn1nc(CC(C)C)n(Cc2ccc(-c3ccccc3-c3nn[nH]n3)cc2)c1=O. The summed E-state index contributed by atoms with van der Waals surface area (Å²) in [6.45, 7) is 9.79. The van der Waals surface area contributed by atoms with Gasteiger partial charge in [0.15, 0.2) is 0 Å². The predicted octanol–water partition coefficient (Wildman–Crippen LogP) is 4.18. The number of benzene rings is 2. The summed E-state index contributed by atoms with van der Waals surface area (Å²) in [5, 5.41) is 19.1. The van der Waals surface area contributed by atoms with Crippen molar-refractivity contribution >= 4 is 0 Å². The number of aryl methyl sites for hydroxylation is 1. The smallest absolute Gasteiger partial charge is 0.274 e. The molecule has 33 heavy (non-hydrogen) atoms. The van der Waals surface area contributed by atoms with Crippen LogP contribution in [0.4, 0.5) is 0 Å². The highest BCUT2D eigenvalue weighted by molar-refractivity contribution is 5.80. The van der Waals surface area contributed by atoms with Gasteiger partial charge in [-0.2, -0.15) is 10.3 Å². The highest BCUT2D eigenvalue weighted by Crippen LogP contribution is 2.29. The Hall–Kier alpha value is -3.55.